The molecule has 1 N–H and O–H groups in total. The highest BCUT2D eigenvalue weighted by atomic mass is 35.5. The quantitative estimate of drug-likeness (QED) is 0.651. The smallest absolute Gasteiger partial charge is 0.164 e. The van der Waals surface area contributed by atoms with Crippen LogP contribution in [0.25, 0.3) is 0 Å². The lowest BCUT2D eigenvalue weighted by atomic mass is 10.1. The number of hydrogen-bond donors (Lipinski definition) is 1. The average molecular weight is 406 g/mol. The number of aliphatic imine (C=N–C) groups is 1. The van der Waals surface area contributed by atoms with E-state index in [1.807, 2.05) is 19.1 Å². The van der Waals surface area contributed by atoms with E-state index in [-0.39, 0.29) is 6.61 Å². The summed E-state index contributed by atoms with van der Waals surface area (Å²) in [4.78, 5) is 10.6. The standard InChI is InChI=1S/C21H28ClN3OS/c1-4-6-19(22)14-20-15-23-21(27-20)25-10-8-24(9-11-25)16-18(5-2)13-17(3)7-12-26/h4-7,13-14,26H,1-2,8-12,15-16H2,3H3/b17-7-,18-13+,19-6+,20-14+. The summed E-state index contributed by atoms with van der Waals surface area (Å²) in [6.45, 7) is 15.1. The Morgan fingerprint density at radius 3 is 2.67 bits per heavy atom. The monoisotopic (exact) mass is 405 g/mol. The number of hydrogen-bond acceptors (Lipinski definition) is 5. The van der Waals surface area contributed by atoms with E-state index in [1.54, 1.807) is 30.0 Å². The van der Waals surface area contributed by atoms with Crippen molar-refractivity contribution in [3.63, 3.8) is 0 Å². The highest BCUT2D eigenvalue weighted by Crippen LogP contribution is 2.29. The van der Waals surface area contributed by atoms with Crippen LogP contribution in [-0.2, 0) is 0 Å². The lowest BCUT2D eigenvalue weighted by Crippen LogP contribution is -2.48. The Balaban J connectivity index is 1.85. The molecule has 0 bridgehead atoms. The second-order valence-electron chi connectivity index (χ2n) is 6.42. The third kappa shape index (κ3) is 7.18. The third-order valence-electron chi connectivity index (χ3n) is 4.31. The molecule has 2 aliphatic rings. The molecule has 0 spiro atoms. The van der Waals surface area contributed by atoms with Crippen molar-refractivity contribution in [3.05, 3.63) is 70.7 Å². The van der Waals surface area contributed by atoms with E-state index in [4.69, 9.17) is 16.7 Å². The summed E-state index contributed by atoms with van der Waals surface area (Å²) >= 11 is 7.83. The van der Waals surface area contributed by atoms with Crippen LogP contribution in [0.5, 0.6) is 0 Å². The van der Waals surface area contributed by atoms with E-state index in [2.05, 4.69) is 34.0 Å². The Hall–Kier alpha value is -1.53. The van der Waals surface area contributed by atoms with Gasteiger partial charge in [-0.25, -0.2) is 0 Å². The Bertz CT molecular complexity index is 698. The Morgan fingerprint density at radius 1 is 1.30 bits per heavy atom. The molecule has 0 aromatic carbocycles. The fraction of sp³-hybridized carbons (Fsp3) is 0.381. The molecule has 0 radical (unpaired) electrons. The Kier molecular flexibility index (Phi) is 9.15. The molecule has 2 heterocycles. The molecule has 2 rings (SSSR count). The van der Waals surface area contributed by atoms with Crippen LogP contribution in [0.1, 0.15) is 6.92 Å². The Morgan fingerprint density at radius 2 is 2.04 bits per heavy atom. The summed E-state index contributed by atoms with van der Waals surface area (Å²) in [5.74, 6) is 0. The highest BCUT2D eigenvalue weighted by Gasteiger charge is 2.24. The van der Waals surface area contributed by atoms with Crippen molar-refractivity contribution < 1.29 is 5.11 Å². The number of halogens is 1. The molecular weight excluding hydrogens is 378 g/mol. The van der Waals surface area contributed by atoms with E-state index < -0.39 is 0 Å². The molecule has 0 atom stereocenters. The van der Waals surface area contributed by atoms with Crippen molar-refractivity contribution in [2.24, 2.45) is 4.99 Å². The highest BCUT2D eigenvalue weighted by molar-refractivity contribution is 8.17. The lowest BCUT2D eigenvalue weighted by Gasteiger charge is -2.35. The fourth-order valence-corrected chi connectivity index (χ4v) is 4.18. The fourth-order valence-electron chi connectivity index (χ4n) is 2.90. The van der Waals surface area contributed by atoms with Gasteiger partial charge in [0.1, 0.15) is 0 Å². The van der Waals surface area contributed by atoms with E-state index in [9.17, 15) is 0 Å². The van der Waals surface area contributed by atoms with Crippen molar-refractivity contribution in [1.82, 2.24) is 9.80 Å². The minimum Gasteiger partial charge on any atom is -0.392 e. The van der Waals surface area contributed by atoms with Gasteiger partial charge in [0.15, 0.2) is 5.17 Å². The van der Waals surface area contributed by atoms with E-state index in [0.717, 1.165) is 43.5 Å². The van der Waals surface area contributed by atoms with Crippen molar-refractivity contribution in [2.75, 3.05) is 45.9 Å². The summed E-state index contributed by atoms with van der Waals surface area (Å²) in [5, 5.41) is 10.8. The van der Waals surface area contributed by atoms with Gasteiger partial charge in [-0.3, -0.25) is 9.89 Å². The maximum Gasteiger partial charge on any atom is 0.164 e. The largest absolute Gasteiger partial charge is 0.392 e. The zero-order valence-corrected chi connectivity index (χ0v) is 17.5. The van der Waals surface area contributed by atoms with Crippen LogP contribution in [-0.4, -0.2) is 65.9 Å². The normalized spacial score (nSPS) is 21.6. The van der Waals surface area contributed by atoms with Gasteiger partial charge in [-0.05, 0) is 24.6 Å². The molecule has 2 aliphatic heterocycles. The van der Waals surface area contributed by atoms with Gasteiger partial charge in [0.05, 0.1) is 13.2 Å². The van der Waals surface area contributed by atoms with Gasteiger partial charge in [0, 0.05) is 42.7 Å². The number of thioether (sulfide) groups is 1. The minimum absolute atomic E-state index is 0.0657. The third-order valence-corrected chi connectivity index (χ3v) is 5.62. The second kappa shape index (κ2) is 11.3. The van der Waals surface area contributed by atoms with Crippen LogP contribution in [0.2, 0.25) is 0 Å². The van der Waals surface area contributed by atoms with Crippen LogP contribution >= 0.6 is 23.4 Å². The molecule has 0 aliphatic carbocycles. The number of piperazine rings is 1. The molecule has 4 nitrogen and oxygen atoms in total. The van der Waals surface area contributed by atoms with Crippen molar-refractivity contribution in [3.8, 4) is 0 Å². The van der Waals surface area contributed by atoms with Crippen LogP contribution in [0.4, 0.5) is 0 Å². The van der Waals surface area contributed by atoms with Gasteiger partial charge in [0.25, 0.3) is 0 Å². The topological polar surface area (TPSA) is 39.1 Å². The molecule has 1 fully saturated rings. The zero-order valence-electron chi connectivity index (χ0n) is 15.9. The number of aliphatic hydroxyl groups is 1. The first-order valence-electron chi connectivity index (χ1n) is 9.04. The van der Waals surface area contributed by atoms with Crippen LogP contribution in [0, 0.1) is 0 Å². The summed E-state index contributed by atoms with van der Waals surface area (Å²) in [5.41, 5.74) is 2.23. The van der Waals surface area contributed by atoms with Crippen LogP contribution < -0.4 is 0 Å². The van der Waals surface area contributed by atoms with Gasteiger partial charge >= 0.3 is 0 Å². The number of nitrogens with zero attached hydrogens (tertiary/aromatic N) is 3. The molecule has 0 unspecified atom stereocenters. The molecule has 27 heavy (non-hydrogen) atoms. The molecule has 146 valence electrons. The zero-order chi connectivity index (χ0) is 19.6. The van der Waals surface area contributed by atoms with Crippen molar-refractivity contribution in [1.29, 1.82) is 0 Å². The molecular formula is C21H28ClN3OS. The number of rotatable bonds is 7. The first-order chi connectivity index (χ1) is 13.0. The van der Waals surface area contributed by atoms with E-state index in [0.29, 0.717) is 11.6 Å². The first kappa shape index (κ1) is 21.8. The van der Waals surface area contributed by atoms with Crippen molar-refractivity contribution >= 4 is 28.5 Å². The van der Waals surface area contributed by atoms with Crippen molar-refractivity contribution in [2.45, 2.75) is 6.92 Å². The van der Waals surface area contributed by atoms with Gasteiger partial charge < -0.3 is 10.0 Å². The second-order valence-corrected chi connectivity index (χ2v) is 7.95. The molecule has 1 saturated heterocycles. The van der Waals surface area contributed by atoms with Crippen LogP contribution in [0.3, 0.4) is 0 Å². The summed E-state index contributed by atoms with van der Waals surface area (Å²) in [6.07, 6.45) is 11.2. The van der Waals surface area contributed by atoms with E-state index in [1.165, 1.54) is 10.5 Å². The van der Waals surface area contributed by atoms with Gasteiger partial charge in [-0.15, -0.1) is 0 Å². The predicted octanol–water partition coefficient (Wildman–Crippen LogP) is 3.95. The minimum atomic E-state index is 0.0657. The summed E-state index contributed by atoms with van der Waals surface area (Å²) in [7, 11) is 0. The molecule has 0 aromatic heterocycles. The summed E-state index contributed by atoms with van der Waals surface area (Å²) in [6, 6.07) is 0. The summed E-state index contributed by atoms with van der Waals surface area (Å²) < 4.78 is 0. The van der Waals surface area contributed by atoms with Gasteiger partial charge in [-0.2, -0.15) is 0 Å². The maximum atomic E-state index is 8.99. The maximum absolute atomic E-state index is 8.99. The van der Waals surface area contributed by atoms with Crippen LogP contribution in [0.15, 0.2) is 75.7 Å². The van der Waals surface area contributed by atoms with E-state index >= 15 is 0 Å². The molecule has 0 aromatic rings. The molecule has 0 amide bonds. The SMILES string of the molecule is C=C/C=C(Cl)\C=C1/CN=C(N2CCN(C/C(C=C)=C/C(C)=C\CO)CC2)S1. The average Bonchev–Trinajstić information content (AvgIpc) is 3.10. The lowest BCUT2D eigenvalue weighted by molar-refractivity contribution is 0.197. The first-order valence-corrected chi connectivity index (χ1v) is 10.2. The predicted molar refractivity (Wildman–Crippen MR) is 119 cm³/mol. The Labute approximate surface area is 172 Å². The molecule has 6 heteroatoms. The molecule has 0 saturated carbocycles. The number of aliphatic hydroxyl groups excluding tert-OH is 1. The van der Waals surface area contributed by atoms with Gasteiger partial charge in [0.2, 0.25) is 0 Å². The number of allylic oxidation sites excluding steroid dienone is 6. The van der Waals surface area contributed by atoms with Gasteiger partial charge in [-0.1, -0.05) is 66.4 Å². The number of amidine groups is 1.